The molecule has 4 rings (SSSR count). The summed E-state index contributed by atoms with van der Waals surface area (Å²) < 4.78 is 11.9. The second-order valence-corrected chi connectivity index (χ2v) is 8.39. The number of aromatic nitrogens is 1. The van der Waals surface area contributed by atoms with Gasteiger partial charge in [0.15, 0.2) is 0 Å². The van der Waals surface area contributed by atoms with Crippen LogP contribution in [0.5, 0.6) is 5.75 Å². The Morgan fingerprint density at radius 1 is 1.37 bits per heavy atom. The number of rotatable bonds is 4. The zero-order chi connectivity index (χ0) is 18.9. The molecule has 1 aromatic carbocycles. The number of benzene rings is 1. The molecule has 27 heavy (non-hydrogen) atoms. The minimum Gasteiger partial charge on any atom is -0.496 e. The average molecular weight is 387 g/mol. The standard InChI is InChI=1S/C21H26N2O3S/c1-15-22-17(14-27-15)6-7-19(24)23-11-9-21(10-12-23)20-16(8-13-26-21)4-3-5-18(20)25-2/h3-5,14H,6-13H2,1-2H3. The number of carbonyl (C=O) groups is 1. The molecule has 144 valence electrons. The smallest absolute Gasteiger partial charge is 0.222 e. The summed E-state index contributed by atoms with van der Waals surface area (Å²) in [6.45, 7) is 4.19. The fourth-order valence-electron chi connectivity index (χ4n) is 4.33. The SMILES string of the molecule is COc1cccc2c1C1(CCN(C(=O)CCc3csc(C)n3)CC1)OCC2. The van der Waals surface area contributed by atoms with Crippen LogP contribution in [0.2, 0.25) is 0 Å². The fourth-order valence-corrected chi connectivity index (χ4v) is 4.98. The van der Waals surface area contributed by atoms with Crippen molar-refractivity contribution in [2.45, 2.75) is 44.6 Å². The molecule has 1 saturated heterocycles. The molecule has 6 heteroatoms. The first-order valence-corrected chi connectivity index (χ1v) is 10.5. The average Bonchev–Trinajstić information content (AvgIpc) is 3.12. The van der Waals surface area contributed by atoms with Crippen molar-refractivity contribution in [2.24, 2.45) is 0 Å². The molecule has 1 spiro atoms. The van der Waals surface area contributed by atoms with Crippen molar-refractivity contribution in [2.75, 3.05) is 26.8 Å². The fraction of sp³-hybridized carbons (Fsp3) is 0.524. The number of thiazole rings is 1. The van der Waals surface area contributed by atoms with E-state index < -0.39 is 0 Å². The van der Waals surface area contributed by atoms with Crippen LogP contribution in [0.3, 0.4) is 0 Å². The van der Waals surface area contributed by atoms with Gasteiger partial charge in [0.2, 0.25) is 5.91 Å². The number of hydrogen-bond donors (Lipinski definition) is 0. The van der Waals surface area contributed by atoms with E-state index in [1.54, 1.807) is 18.4 Å². The number of ether oxygens (including phenoxy) is 2. The molecule has 5 nitrogen and oxygen atoms in total. The number of likely N-dealkylation sites (tertiary alicyclic amines) is 1. The molecule has 1 aromatic heterocycles. The third-order valence-electron chi connectivity index (χ3n) is 5.72. The van der Waals surface area contributed by atoms with E-state index in [9.17, 15) is 4.79 Å². The van der Waals surface area contributed by atoms with Crippen LogP contribution >= 0.6 is 11.3 Å². The second-order valence-electron chi connectivity index (χ2n) is 7.33. The summed E-state index contributed by atoms with van der Waals surface area (Å²) in [6, 6.07) is 6.24. The van der Waals surface area contributed by atoms with Crippen LogP contribution in [0, 0.1) is 6.92 Å². The van der Waals surface area contributed by atoms with E-state index in [-0.39, 0.29) is 11.5 Å². The molecule has 0 aliphatic carbocycles. The highest BCUT2D eigenvalue weighted by Crippen LogP contribution is 2.45. The number of nitrogens with zero attached hydrogens (tertiary/aromatic N) is 2. The zero-order valence-corrected chi connectivity index (χ0v) is 16.8. The van der Waals surface area contributed by atoms with Gasteiger partial charge in [-0.05, 0) is 44.2 Å². The first kappa shape index (κ1) is 18.4. The van der Waals surface area contributed by atoms with Gasteiger partial charge in [-0.25, -0.2) is 4.98 Å². The molecule has 0 bridgehead atoms. The van der Waals surface area contributed by atoms with E-state index in [0.717, 1.165) is 61.8 Å². The van der Waals surface area contributed by atoms with Crippen molar-refractivity contribution in [3.05, 3.63) is 45.4 Å². The summed E-state index contributed by atoms with van der Waals surface area (Å²) >= 11 is 1.64. The highest BCUT2D eigenvalue weighted by Gasteiger charge is 2.43. The molecule has 2 aromatic rings. The molecule has 0 atom stereocenters. The van der Waals surface area contributed by atoms with Crippen LogP contribution in [0.15, 0.2) is 23.6 Å². The summed E-state index contributed by atoms with van der Waals surface area (Å²) in [5.41, 5.74) is 3.22. The van der Waals surface area contributed by atoms with Gasteiger partial charge in [-0.3, -0.25) is 4.79 Å². The van der Waals surface area contributed by atoms with Crippen molar-refractivity contribution < 1.29 is 14.3 Å². The summed E-state index contributed by atoms with van der Waals surface area (Å²) in [6.07, 6.45) is 3.81. The molecule has 1 amide bonds. The Bertz CT molecular complexity index is 810. The van der Waals surface area contributed by atoms with Gasteiger partial charge < -0.3 is 14.4 Å². The Hall–Kier alpha value is -1.92. The molecule has 2 aliphatic heterocycles. The summed E-state index contributed by atoms with van der Waals surface area (Å²) in [5.74, 6) is 1.12. The molecular weight excluding hydrogens is 360 g/mol. The van der Waals surface area contributed by atoms with E-state index in [4.69, 9.17) is 9.47 Å². The van der Waals surface area contributed by atoms with E-state index in [1.807, 2.05) is 23.3 Å². The molecule has 3 heterocycles. The molecule has 0 saturated carbocycles. The van der Waals surface area contributed by atoms with Gasteiger partial charge in [-0.1, -0.05) is 12.1 Å². The van der Waals surface area contributed by atoms with Crippen LogP contribution in [0.1, 0.15) is 41.1 Å². The van der Waals surface area contributed by atoms with Gasteiger partial charge in [0, 0.05) is 30.5 Å². The Balaban J connectivity index is 1.43. The van der Waals surface area contributed by atoms with Gasteiger partial charge in [0.05, 0.1) is 24.4 Å². The Morgan fingerprint density at radius 2 is 2.19 bits per heavy atom. The maximum absolute atomic E-state index is 12.7. The van der Waals surface area contributed by atoms with Crippen molar-refractivity contribution in [1.82, 2.24) is 9.88 Å². The molecule has 2 aliphatic rings. The summed E-state index contributed by atoms with van der Waals surface area (Å²) in [5, 5.41) is 3.10. The predicted octanol–water partition coefficient (Wildman–Crippen LogP) is 3.48. The largest absolute Gasteiger partial charge is 0.496 e. The summed E-state index contributed by atoms with van der Waals surface area (Å²) in [7, 11) is 1.72. The first-order valence-electron chi connectivity index (χ1n) is 9.60. The van der Waals surface area contributed by atoms with Crippen molar-refractivity contribution in [1.29, 1.82) is 0 Å². The van der Waals surface area contributed by atoms with Gasteiger partial charge >= 0.3 is 0 Å². The molecule has 1 fully saturated rings. The van der Waals surface area contributed by atoms with Crippen LogP contribution in [0.25, 0.3) is 0 Å². The minimum atomic E-state index is -0.316. The molecule has 0 radical (unpaired) electrons. The maximum Gasteiger partial charge on any atom is 0.222 e. The number of methoxy groups -OCH3 is 1. The lowest BCUT2D eigenvalue weighted by molar-refractivity contribution is -0.140. The lowest BCUT2D eigenvalue weighted by Gasteiger charge is -2.45. The first-order chi connectivity index (χ1) is 13.1. The van der Waals surface area contributed by atoms with Crippen LogP contribution in [-0.4, -0.2) is 42.6 Å². The normalized spacial score (nSPS) is 18.4. The van der Waals surface area contributed by atoms with E-state index in [1.165, 1.54) is 11.1 Å². The highest BCUT2D eigenvalue weighted by molar-refractivity contribution is 7.09. The van der Waals surface area contributed by atoms with E-state index >= 15 is 0 Å². The third kappa shape index (κ3) is 3.60. The number of hydrogen-bond acceptors (Lipinski definition) is 5. The molecule has 0 unspecified atom stereocenters. The van der Waals surface area contributed by atoms with E-state index in [2.05, 4.69) is 17.1 Å². The Kier molecular flexibility index (Phi) is 5.19. The Labute approximate surface area is 164 Å². The number of piperidine rings is 1. The number of fused-ring (bicyclic) bond motifs is 2. The second kappa shape index (κ2) is 7.60. The van der Waals surface area contributed by atoms with Crippen LogP contribution in [-0.2, 0) is 28.0 Å². The number of amides is 1. The highest BCUT2D eigenvalue weighted by atomic mass is 32.1. The van der Waals surface area contributed by atoms with Crippen molar-refractivity contribution in [3.63, 3.8) is 0 Å². The zero-order valence-electron chi connectivity index (χ0n) is 16.0. The van der Waals surface area contributed by atoms with Crippen LogP contribution in [0.4, 0.5) is 0 Å². The molecule has 0 N–H and O–H groups in total. The topological polar surface area (TPSA) is 51.7 Å². The minimum absolute atomic E-state index is 0.214. The van der Waals surface area contributed by atoms with Gasteiger partial charge in [-0.15, -0.1) is 11.3 Å². The number of aryl methyl sites for hydroxylation is 2. The van der Waals surface area contributed by atoms with E-state index in [0.29, 0.717) is 6.42 Å². The van der Waals surface area contributed by atoms with Gasteiger partial charge in [-0.2, -0.15) is 0 Å². The Morgan fingerprint density at radius 3 is 2.89 bits per heavy atom. The summed E-state index contributed by atoms with van der Waals surface area (Å²) in [4.78, 5) is 19.1. The van der Waals surface area contributed by atoms with Gasteiger partial charge in [0.1, 0.15) is 11.4 Å². The predicted molar refractivity (Wildman–Crippen MR) is 105 cm³/mol. The lowest BCUT2D eigenvalue weighted by Crippen LogP contribution is -2.48. The monoisotopic (exact) mass is 386 g/mol. The van der Waals surface area contributed by atoms with Crippen LogP contribution < -0.4 is 4.74 Å². The number of carbonyl (C=O) groups excluding carboxylic acids is 1. The van der Waals surface area contributed by atoms with Crippen molar-refractivity contribution >= 4 is 17.2 Å². The maximum atomic E-state index is 12.7. The van der Waals surface area contributed by atoms with Gasteiger partial charge in [0.25, 0.3) is 0 Å². The quantitative estimate of drug-likeness (QED) is 0.807. The third-order valence-corrected chi connectivity index (χ3v) is 6.55. The molecular formula is C21H26N2O3S. The van der Waals surface area contributed by atoms with Crippen molar-refractivity contribution in [3.8, 4) is 5.75 Å². The lowest BCUT2D eigenvalue weighted by atomic mass is 9.78.